The molecule has 2 heterocycles. The average molecular weight is 430 g/mol. The molecule has 4 nitrogen and oxygen atoms in total. The van der Waals surface area contributed by atoms with Crippen LogP contribution in [0.15, 0.2) is 42.5 Å². The topological polar surface area (TPSA) is 46.6 Å². The molecule has 4 rings (SSSR count). The highest BCUT2D eigenvalue weighted by Gasteiger charge is 2.43. The average Bonchev–Trinajstić information content (AvgIpc) is 2.69. The summed E-state index contributed by atoms with van der Waals surface area (Å²) in [5.74, 6) is 0.581. The van der Waals surface area contributed by atoms with E-state index in [0.717, 1.165) is 11.1 Å². The van der Waals surface area contributed by atoms with Crippen molar-refractivity contribution >= 4 is 41.0 Å². The second kappa shape index (κ2) is 7.85. The number of carbonyl (C=O) groups is 2. The zero-order valence-corrected chi connectivity index (χ0v) is 17.6. The lowest BCUT2D eigenvalue weighted by Crippen LogP contribution is -2.52. The summed E-state index contributed by atoms with van der Waals surface area (Å²) in [7, 11) is 0. The summed E-state index contributed by atoms with van der Waals surface area (Å²) in [5.41, 5.74) is 1.69. The fraction of sp³-hybridized carbons (Fsp3) is 0.304. The Morgan fingerprint density at radius 3 is 2.59 bits per heavy atom. The minimum absolute atomic E-state index is 0.0477. The Hall–Kier alpha value is -2.30. The third-order valence-corrected chi connectivity index (χ3v) is 6.42. The quantitative estimate of drug-likeness (QED) is 0.605. The number of hydrogen-bond acceptors (Lipinski definition) is 3. The summed E-state index contributed by atoms with van der Waals surface area (Å²) in [5, 5.41) is 1.18. The molecule has 0 bridgehead atoms. The Labute approximate surface area is 180 Å². The molecule has 2 aliphatic rings. The van der Waals surface area contributed by atoms with Gasteiger partial charge < -0.3 is 9.64 Å². The van der Waals surface area contributed by atoms with Gasteiger partial charge in [0.15, 0.2) is 5.78 Å². The first-order valence-electron chi connectivity index (χ1n) is 9.61. The van der Waals surface area contributed by atoms with Gasteiger partial charge in [-0.15, -0.1) is 0 Å². The van der Waals surface area contributed by atoms with E-state index in [0.29, 0.717) is 53.7 Å². The number of Topliss-reactive ketones (excluding diaryl/α,β-unsaturated/α-hetero) is 1. The van der Waals surface area contributed by atoms with Crippen LogP contribution < -0.4 is 4.74 Å². The molecule has 0 aliphatic carbocycles. The van der Waals surface area contributed by atoms with Gasteiger partial charge in [-0.1, -0.05) is 41.4 Å². The number of ketones is 1. The summed E-state index contributed by atoms with van der Waals surface area (Å²) in [4.78, 5) is 27.0. The summed E-state index contributed by atoms with van der Waals surface area (Å²) >= 11 is 12.3. The van der Waals surface area contributed by atoms with E-state index in [-0.39, 0.29) is 11.7 Å². The largest absolute Gasteiger partial charge is 0.486 e. The van der Waals surface area contributed by atoms with Gasteiger partial charge in [0.1, 0.15) is 11.4 Å². The smallest absolute Gasteiger partial charge is 0.246 e. The van der Waals surface area contributed by atoms with Gasteiger partial charge in [0.25, 0.3) is 0 Å². The molecular weight excluding hydrogens is 409 g/mol. The molecule has 1 amide bonds. The van der Waals surface area contributed by atoms with Crippen LogP contribution in [0.4, 0.5) is 0 Å². The van der Waals surface area contributed by atoms with Gasteiger partial charge in [-0.05, 0) is 42.3 Å². The van der Waals surface area contributed by atoms with Gasteiger partial charge >= 0.3 is 0 Å². The predicted molar refractivity (Wildman–Crippen MR) is 115 cm³/mol. The molecule has 1 saturated heterocycles. The number of nitrogens with zero attached hydrogens (tertiary/aromatic N) is 1. The van der Waals surface area contributed by atoms with E-state index in [1.807, 2.05) is 31.2 Å². The Balaban J connectivity index is 1.44. The minimum atomic E-state index is -0.548. The Bertz CT molecular complexity index is 1010. The lowest BCUT2D eigenvalue weighted by Gasteiger charge is -2.43. The van der Waals surface area contributed by atoms with Crippen LogP contribution in [-0.4, -0.2) is 35.3 Å². The Morgan fingerprint density at radius 2 is 1.86 bits per heavy atom. The number of rotatable bonds is 2. The van der Waals surface area contributed by atoms with Crippen molar-refractivity contribution in [2.24, 2.45) is 0 Å². The highest BCUT2D eigenvalue weighted by atomic mass is 35.5. The fourth-order valence-electron chi connectivity index (χ4n) is 3.90. The summed E-state index contributed by atoms with van der Waals surface area (Å²) in [6.45, 7) is 2.98. The molecule has 1 spiro atoms. The number of fused-ring (bicyclic) bond motifs is 1. The molecule has 0 unspecified atom stereocenters. The van der Waals surface area contributed by atoms with Crippen LogP contribution in [0.2, 0.25) is 10.0 Å². The van der Waals surface area contributed by atoms with Crippen molar-refractivity contribution < 1.29 is 14.3 Å². The number of amides is 1. The monoisotopic (exact) mass is 429 g/mol. The van der Waals surface area contributed by atoms with Crippen LogP contribution in [0.3, 0.4) is 0 Å². The molecule has 0 atom stereocenters. The number of benzene rings is 2. The van der Waals surface area contributed by atoms with E-state index in [1.165, 1.54) is 0 Å². The molecule has 29 heavy (non-hydrogen) atoms. The number of hydrogen-bond donors (Lipinski definition) is 0. The normalized spacial score (nSPS) is 18.0. The summed E-state index contributed by atoms with van der Waals surface area (Å²) < 4.78 is 6.29. The van der Waals surface area contributed by atoms with Crippen molar-refractivity contribution in [1.82, 2.24) is 4.90 Å². The summed E-state index contributed by atoms with van der Waals surface area (Å²) in [6.07, 6.45) is 4.83. The van der Waals surface area contributed by atoms with E-state index in [4.69, 9.17) is 27.9 Å². The lowest BCUT2D eigenvalue weighted by molar-refractivity contribution is -0.129. The van der Waals surface area contributed by atoms with Crippen LogP contribution in [0.5, 0.6) is 5.75 Å². The number of aryl methyl sites for hydroxylation is 1. The van der Waals surface area contributed by atoms with Crippen molar-refractivity contribution in [1.29, 1.82) is 0 Å². The third kappa shape index (κ3) is 4.05. The second-order valence-electron chi connectivity index (χ2n) is 7.66. The number of likely N-dealkylation sites (tertiary alicyclic amines) is 1. The number of ether oxygens (including phenoxy) is 1. The van der Waals surface area contributed by atoms with E-state index in [9.17, 15) is 9.59 Å². The maximum Gasteiger partial charge on any atom is 0.246 e. The molecule has 2 aromatic rings. The van der Waals surface area contributed by atoms with Crippen LogP contribution in [0.25, 0.3) is 6.08 Å². The molecule has 0 aromatic heterocycles. The minimum Gasteiger partial charge on any atom is -0.486 e. The maximum absolute atomic E-state index is 12.7. The van der Waals surface area contributed by atoms with Gasteiger partial charge in [-0.2, -0.15) is 0 Å². The van der Waals surface area contributed by atoms with E-state index >= 15 is 0 Å². The van der Waals surface area contributed by atoms with Crippen molar-refractivity contribution in [2.45, 2.75) is 31.8 Å². The van der Waals surface area contributed by atoms with Crippen molar-refractivity contribution in [3.05, 3.63) is 69.2 Å². The van der Waals surface area contributed by atoms with Gasteiger partial charge in [0, 0.05) is 42.1 Å². The molecule has 0 N–H and O–H groups in total. The molecule has 150 valence electrons. The fourth-order valence-corrected chi connectivity index (χ4v) is 4.27. The van der Waals surface area contributed by atoms with Crippen LogP contribution in [0.1, 0.15) is 40.7 Å². The predicted octanol–water partition coefficient (Wildman–Crippen LogP) is 5.34. The number of halogens is 2. The van der Waals surface area contributed by atoms with Gasteiger partial charge in [0.2, 0.25) is 5.91 Å². The Morgan fingerprint density at radius 1 is 1.14 bits per heavy atom. The molecule has 2 aliphatic heterocycles. The van der Waals surface area contributed by atoms with Gasteiger partial charge in [-0.3, -0.25) is 9.59 Å². The maximum atomic E-state index is 12.7. The van der Waals surface area contributed by atoms with E-state index in [1.54, 1.807) is 29.2 Å². The van der Waals surface area contributed by atoms with E-state index < -0.39 is 5.60 Å². The van der Waals surface area contributed by atoms with E-state index in [2.05, 4.69) is 0 Å². The number of piperidine rings is 1. The van der Waals surface area contributed by atoms with Crippen LogP contribution in [0, 0.1) is 6.92 Å². The first-order valence-corrected chi connectivity index (χ1v) is 10.4. The van der Waals surface area contributed by atoms with Gasteiger partial charge in [-0.25, -0.2) is 0 Å². The second-order valence-corrected chi connectivity index (χ2v) is 8.48. The molecule has 2 aromatic carbocycles. The molecule has 1 fully saturated rings. The highest BCUT2D eigenvalue weighted by Crippen LogP contribution is 2.41. The van der Waals surface area contributed by atoms with Crippen LogP contribution >= 0.6 is 23.2 Å². The highest BCUT2D eigenvalue weighted by molar-refractivity contribution is 6.32. The van der Waals surface area contributed by atoms with Crippen LogP contribution in [-0.2, 0) is 4.79 Å². The van der Waals surface area contributed by atoms with Crippen molar-refractivity contribution in [3.8, 4) is 5.75 Å². The third-order valence-electron chi connectivity index (χ3n) is 5.67. The molecule has 6 heteroatoms. The zero-order chi connectivity index (χ0) is 20.6. The zero-order valence-electron chi connectivity index (χ0n) is 16.1. The Kier molecular flexibility index (Phi) is 5.41. The number of carbonyl (C=O) groups excluding carboxylic acids is 2. The SMILES string of the molecule is Cc1cc2c(cc1Cl)C(=O)CC1(CCN(C(=O)/C=C/c3ccccc3Cl)CC1)O2. The standard InChI is InChI=1S/C23H21Cl2NO3/c1-15-12-21-17(13-19(15)25)20(27)14-23(29-21)8-10-26(11-9-23)22(28)7-6-16-4-2-3-5-18(16)24/h2-7,12-13H,8-11,14H2,1H3/b7-6+. The molecule has 0 saturated carbocycles. The lowest BCUT2D eigenvalue weighted by atomic mass is 9.82. The molecule has 0 radical (unpaired) electrons. The molecular formula is C23H21Cl2NO3. The first kappa shape index (κ1) is 20.0. The summed E-state index contributed by atoms with van der Waals surface area (Å²) in [6, 6.07) is 10.9. The van der Waals surface area contributed by atoms with Crippen molar-refractivity contribution in [3.63, 3.8) is 0 Å². The first-order chi connectivity index (χ1) is 13.9. The van der Waals surface area contributed by atoms with Gasteiger partial charge in [0.05, 0.1) is 12.0 Å². The van der Waals surface area contributed by atoms with Crippen molar-refractivity contribution in [2.75, 3.05) is 13.1 Å².